The van der Waals surface area contributed by atoms with Crippen molar-refractivity contribution in [2.75, 3.05) is 13.2 Å². The molecule has 0 aromatic carbocycles. The zero-order valence-corrected chi connectivity index (χ0v) is 6.66. The van der Waals surface area contributed by atoms with E-state index < -0.39 is 0 Å². The maximum absolute atomic E-state index is 8.82. The van der Waals surface area contributed by atoms with Gasteiger partial charge in [-0.3, -0.25) is 0 Å². The molecule has 1 unspecified atom stereocenters. The molecule has 0 saturated heterocycles. The molecule has 0 spiro atoms. The molecule has 1 rings (SSSR count). The molecule has 4 N–H and O–H groups in total. The summed E-state index contributed by atoms with van der Waals surface area (Å²) in [7, 11) is 0. The molecule has 0 amide bonds. The normalized spacial score (nSPS) is 20.9. The summed E-state index contributed by atoms with van der Waals surface area (Å²) in [5.41, 5.74) is 5.42. The first-order valence-electron chi connectivity index (χ1n) is 4.08. The van der Waals surface area contributed by atoms with Gasteiger partial charge in [0.05, 0.1) is 6.61 Å². The summed E-state index contributed by atoms with van der Waals surface area (Å²) in [6.07, 6.45) is 6.44. The van der Waals surface area contributed by atoms with Crippen molar-refractivity contribution in [2.24, 2.45) is 5.73 Å². The molecule has 1 atom stereocenters. The molecule has 0 aliphatic heterocycles. The Morgan fingerprint density at radius 2 is 2.18 bits per heavy atom. The summed E-state index contributed by atoms with van der Waals surface area (Å²) in [5, 5.41) is 12.1. The van der Waals surface area contributed by atoms with E-state index in [9.17, 15) is 0 Å². The van der Waals surface area contributed by atoms with Crippen LogP contribution in [0.25, 0.3) is 0 Å². The van der Waals surface area contributed by atoms with E-state index in [0.717, 1.165) is 12.8 Å². The Balaban J connectivity index is 2.17. The largest absolute Gasteiger partial charge is 0.395 e. The first-order chi connectivity index (χ1) is 5.36. The number of hydrogen-bond acceptors (Lipinski definition) is 3. The fraction of sp³-hybridized carbons (Fsp3) is 0.750. The second kappa shape index (κ2) is 4.49. The Bertz CT molecular complexity index is 124. The van der Waals surface area contributed by atoms with Crippen LogP contribution in [0.15, 0.2) is 12.2 Å². The van der Waals surface area contributed by atoms with Gasteiger partial charge in [-0.25, -0.2) is 0 Å². The second-order valence-electron chi connectivity index (χ2n) is 2.92. The van der Waals surface area contributed by atoms with Crippen molar-refractivity contribution in [2.45, 2.75) is 24.9 Å². The van der Waals surface area contributed by atoms with Crippen LogP contribution in [0.3, 0.4) is 0 Å². The number of aliphatic hydroxyl groups is 1. The zero-order chi connectivity index (χ0) is 8.10. The number of rotatable bonds is 4. The topological polar surface area (TPSA) is 58.3 Å². The van der Waals surface area contributed by atoms with Gasteiger partial charge in [0.25, 0.3) is 0 Å². The Hall–Kier alpha value is -0.380. The average Bonchev–Trinajstić information content (AvgIpc) is 2.52. The van der Waals surface area contributed by atoms with Gasteiger partial charge in [0.1, 0.15) is 0 Å². The third-order valence-corrected chi connectivity index (χ3v) is 1.98. The van der Waals surface area contributed by atoms with E-state index in [0.29, 0.717) is 12.6 Å². The molecule has 64 valence electrons. The molecule has 3 heteroatoms. The van der Waals surface area contributed by atoms with Gasteiger partial charge in [-0.15, -0.1) is 0 Å². The van der Waals surface area contributed by atoms with Gasteiger partial charge in [0.2, 0.25) is 0 Å². The lowest BCUT2D eigenvalue weighted by molar-refractivity contribution is 0.235. The van der Waals surface area contributed by atoms with Crippen LogP contribution < -0.4 is 11.1 Å². The van der Waals surface area contributed by atoms with Crippen LogP contribution in [0.5, 0.6) is 0 Å². The molecular weight excluding hydrogens is 140 g/mol. The van der Waals surface area contributed by atoms with Gasteiger partial charge in [-0.05, 0) is 12.8 Å². The Morgan fingerprint density at radius 3 is 2.64 bits per heavy atom. The van der Waals surface area contributed by atoms with Crippen molar-refractivity contribution in [3.05, 3.63) is 12.2 Å². The molecule has 0 bridgehead atoms. The van der Waals surface area contributed by atoms with Crippen molar-refractivity contribution >= 4 is 0 Å². The Kier molecular flexibility index (Phi) is 3.56. The summed E-state index contributed by atoms with van der Waals surface area (Å²) in [5.74, 6) is 0. The zero-order valence-electron chi connectivity index (χ0n) is 6.66. The molecule has 1 aliphatic carbocycles. The highest BCUT2D eigenvalue weighted by molar-refractivity contribution is 4.98. The molecule has 0 heterocycles. The van der Waals surface area contributed by atoms with Gasteiger partial charge in [-0.2, -0.15) is 0 Å². The minimum Gasteiger partial charge on any atom is -0.395 e. The minimum absolute atomic E-state index is 0.0694. The fourth-order valence-electron chi connectivity index (χ4n) is 1.28. The van der Waals surface area contributed by atoms with Gasteiger partial charge >= 0.3 is 0 Å². The van der Waals surface area contributed by atoms with Crippen molar-refractivity contribution < 1.29 is 5.11 Å². The van der Waals surface area contributed by atoms with Crippen LogP contribution in [-0.2, 0) is 0 Å². The molecule has 0 saturated carbocycles. The van der Waals surface area contributed by atoms with Crippen molar-refractivity contribution in [3.63, 3.8) is 0 Å². The third kappa shape index (κ3) is 2.61. The van der Waals surface area contributed by atoms with Crippen LogP contribution in [0.2, 0.25) is 0 Å². The summed E-state index contributed by atoms with van der Waals surface area (Å²) in [6.45, 7) is 0.639. The first-order valence-corrected chi connectivity index (χ1v) is 4.08. The number of nitrogens with two attached hydrogens (primary N) is 1. The lowest BCUT2D eigenvalue weighted by atomic mass is 10.2. The number of nitrogens with one attached hydrogen (secondary N) is 1. The summed E-state index contributed by atoms with van der Waals surface area (Å²) in [6, 6.07) is 0.565. The van der Waals surface area contributed by atoms with Crippen LogP contribution in [0.1, 0.15) is 12.8 Å². The van der Waals surface area contributed by atoms with E-state index in [1.807, 2.05) is 0 Å². The van der Waals surface area contributed by atoms with Gasteiger partial charge in [0, 0.05) is 18.6 Å². The van der Waals surface area contributed by atoms with Crippen LogP contribution >= 0.6 is 0 Å². The highest BCUT2D eigenvalue weighted by Crippen LogP contribution is 2.09. The monoisotopic (exact) mass is 156 g/mol. The van der Waals surface area contributed by atoms with Crippen LogP contribution in [0.4, 0.5) is 0 Å². The van der Waals surface area contributed by atoms with Crippen LogP contribution in [0, 0.1) is 0 Å². The minimum atomic E-state index is 0.0694. The molecule has 0 radical (unpaired) electrons. The predicted octanol–water partition coefficient (Wildman–Crippen LogP) is -0.386. The predicted molar refractivity (Wildman–Crippen MR) is 45.2 cm³/mol. The van der Waals surface area contributed by atoms with E-state index >= 15 is 0 Å². The highest BCUT2D eigenvalue weighted by Gasteiger charge is 2.13. The fourth-order valence-corrected chi connectivity index (χ4v) is 1.28. The molecule has 0 aromatic heterocycles. The highest BCUT2D eigenvalue weighted by atomic mass is 16.3. The summed E-state index contributed by atoms with van der Waals surface area (Å²) < 4.78 is 0. The smallest absolute Gasteiger partial charge is 0.0597 e. The van der Waals surface area contributed by atoms with E-state index in [1.54, 1.807) is 0 Å². The molecule has 0 fully saturated rings. The Morgan fingerprint density at radius 1 is 1.55 bits per heavy atom. The number of aliphatic hydroxyl groups excluding tert-OH is 1. The Labute approximate surface area is 67.3 Å². The SMILES string of the molecule is NCC(CO)NC1CC=CC1. The molecule has 11 heavy (non-hydrogen) atoms. The van der Waals surface area contributed by atoms with Crippen molar-refractivity contribution in [1.29, 1.82) is 0 Å². The summed E-state index contributed by atoms with van der Waals surface area (Å²) >= 11 is 0. The maximum Gasteiger partial charge on any atom is 0.0597 e. The van der Waals surface area contributed by atoms with Gasteiger partial charge in [0.15, 0.2) is 0 Å². The van der Waals surface area contributed by atoms with Crippen molar-refractivity contribution in [1.82, 2.24) is 5.32 Å². The van der Waals surface area contributed by atoms with Crippen molar-refractivity contribution in [3.8, 4) is 0 Å². The lowest BCUT2D eigenvalue weighted by Gasteiger charge is -2.19. The number of hydrogen-bond donors (Lipinski definition) is 3. The molecule has 1 aliphatic rings. The average molecular weight is 156 g/mol. The van der Waals surface area contributed by atoms with Gasteiger partial charge in [-0.1, -0.05) is 12.2 Å². The van der Waals surface area contributed by atoms with Crippen LogP contribution in [-0.4, -0.2) is 30.3 Å². The van der Waals surface area contributed by atoms with E-state index in [-0.39, 0.29) is 12.6 Å². The summed E-state index contributed by atoms with van der Waals surface area (Å²) in [4.78, 5) is 0. The standard InChI is InChI=1S/C8H16N2O/c9-5-8(6-11)10-7-3-1-2-4-7/h1-2,7-8,10-11H,3-6,9H2. The quantitative estimate of drug-likeness (QED) is 0.486. The van der Waals surface area contributed by atoms with Gasteiger partial charge < -0.3 is 16.2 Å². The van der Waals surface area contributed by atoms with E-state index in [1.165, 1.54) is 0 Å². The molecular formula is C8H16N2O. The maximum atomic E-state index is 8.82. The first kappa shape index (κ1) is 8.71. The molecule has 0 aromatic rings. The third-order valence-electron chi connectivity index (χ3n) is 1.98. The lowest BCUT2D eigenvalue weighted by Crippen LogP contribution is -2.44. The second-order valence-corrected chi connectivity index (χ2v) is 2.92. The van der Waals surface area contributed by atoms with E-state index in [2.05, 4.69) is 17.5 Å². The van der Waals surface area contributed by atoms with E-state index in [4.69, 9.17) is 10.8 Å². The molecule has 3 nitrogen and oxygen atoms in total.